The molecule has 2 N–H and O–H groups in total. The molecule has 14 heavy (non-hydrogen) atoms. The van der Waals surface area contributed by atoms with Crippen molar-refractivity contribution in [3.63, 3.8) is 0 Å². The number of carbonyl (C=O) groups excluding carboxylic acids is 1. The minimum Gasteiger partial charge on any atom is -0.395 e. The number of nitrogens with one attached hydrogen (secondary N) is 1. The predicted octanol–water partition coefficient (Wildman–Crippen LogP) is 0.366. The SMILES string of the molecule is CCc1cccc(C(=O)NCCO)n1. The molecule has 0 bridgehead atoms. The van der Waals surface area contributed by atoms with Gasteiger partial charge in [0, 0.05) is 12.2 Å². The highest BCUT2D eigenvalue weighted by atomic mass is 16.3. The number of rotatable bonds is 4. The zero-order valence-electron chi connectivity index (χ0n) is 8.16. The number of nitrogens with zero attached hydrogens (tertiary/aromatic N) is 1. The number of hydrogen-bond donors (Lipinski definition) is 2. The number of aliphatic hydroxyl groups excluding tert-OH is 1. The van der Waals surface area contributed by atoms with E-state index in [0.29, 0.717) is 5.69 Å². The van der Waals surface area contributed by atoms with Crippen LogP contribution in [0.15, 0.2) is 18.2 Å². The number of carbonyl (C=O) groups is 1. The zero-order valence-corrected chi connectivity index (χ0v) is 8.16. The minimum atomic E-state index is -0.241. The van der Waals surface area contributed by atoms with Crippen LogP contribution in [0.25, 0.3) is 0 Å². The summed E-state index contributed by atoms with van der Waals surface area (Å²) in [6.45, 7) is 2.19. The van der Waals surface area contributed by atoms with E-state index in [2.05, 4.69) is 10.3 Å². The zero-order chi connectivity index (χ0) is 10.4. The summed E-state index contributed by atoms with van der Waals surface area (Å²) in [4.78, 5) is 15.5. The molecule has 1 heterocycles. The largest absolute Gasteiger partial charge is 0.395 e. The molecule has 1 rings (SSSR count). The number of hydrogen-bond acceptors (Lipinski definition) is 3. The second-order valence-electron chi connectivity index (χ2n) is 2.85. The third kappa shape index (κ3) is 2.81. The Balaban J connectivity index is 2.69. The second-order valence-corrected chi connectivity index (χ2v) is 2.85. The summed E-state index contributed by atoms with van der Waals surface area (Å²) >= 11 is 0. The normalized spacial score (nSPS) is 9.86. The fourth-order valence-electron chi connectivity index (χ4n) is 1.06. The Bertz CT molecular complexity index is 313. The lowest BCUT2D eigenvalue weighted by molar-refractivity contribution is 0.0939. The van der Waals surface area contributed by atoms with E-state index in [1.165, 1.54) is 0 Å². The maximum atomic E-state index is 11.4. The Hall–Kier alpha value is -1.42. The molecule has 76 valence electrons. The maximum absolute atomic E-state index is 11.4. The van der Waals surface area contributed by atoms with Crippen LogP contribution in [0.5, 0.6) is 0 Å². The lowest BCUT2D eigenvalue weighted by Gasteiger charge is -2.03. The summed E-state index contributed by atoms with van der Waals surface area (Å²) in [6, 6.07) is 5.34. The standard InChI is InChI=1S/C10H14N2O2/c1-2-8-4-3-5-9(12-8)10(14)11-6-7-13/h3-5,13H,2,6-7H2,1H3,(H,11,14). The molecule has 0 atom stereocenters. The molecular weight excluding hydrogens is 180 g/mol. The number of aromatic nitrogens is 1. The number of pyridine rings is 1. The molecule has 1 aromatic rings. The summed E-state index contributed by atoms with van der Waals surface area (Å²) < 4.78 is 0. The number of aryl methyl sites for hydroxylation is 1. The van der Waals surface area contributed by atoms with E-state index in [-0.39, 0.29) is 19.1 Å². The van der Waals surface area contributed by atoms with E-state index in [0.717, 1.165) is 12.1 Å². The molecule has 0 spiro atoms. The van der Waals surface area contributed by atoms with Gasteiger partial charge in [-0.1, -0.05) is 13.0 Å². The monoisotopic (exact) mass is 194 g/mol. The molecule has 0 saturated heterocycles. The Morgan fingerprint density at radius 3 is 3.00 bits per heavy atom. The molecule has 1 aromatic heterocycles. The van der Waals surface area contributed by atoms with Crippen LogP contribution in [0, 0.1) is 0 Å². The Labute approximate surface area is 83.0 Å². The fraction of sp³-hybridized carbons (Fsp3) is 0.400. The molecule has 0 fully saturated rings. The highest BCUT2D eigenvalue weighted by Gasteiger charge is 2.05. The average molecular weight is 194 g/mol. The highest BCUT2D eigenvalue weighted by Crippen LogP contribution is 1.99. The first-order valence-corrected chi connectivity index (χ1v) is 4.63. The van der Waals surface area contributed by atoms with Crippen molar-refractivity contribution in [3.8, 4) is 0 Å². The van der Waals surface area contributed by atoms with Crippen molar-refractivity contribution in [1.82, 2.24) is 10.3 Å². The summed E-state index contributed by atoms with van der Waals surface area (Å²) in [5.74, 6) is -0.241. The molecule has 0 unspecified atom stereocenters. The molecule has 0 aliphatic heterocycles. The topological polar surface area (TPSA) is 62.2 Å². The highest BCUT2D eigenvalue weighted by molar-refractivity contribution is 5.92. The van der Waals surface area contributed by atoms with E-state index in [9.17, 15) is 4.79 Å². The lowest BCUT2D eigenvalue weighted by Crippen LogP contribution is -2.27. The molecule has 0 aromatic carbocycles. The first-order chi connectivity index (χ1) is 6.77. The second kappa shape index (κ2) is 5.34. The van der Waals surface area contributed by atoms with Crippen molar-refractivity contribution < 1.29 is 9.90 Å². The van der Waals surface area contributed by atoms with E-state index in [4.69, 9.17) is 5.11 Å². The van der Waals surface area contributed by atoms with E-state index < -0.39 is 0 Å². The van der Waals surface area contributed by atoms with Crippen LogP contribution in [0.3, 0.4) is 0 Å². The van der Waals surface area contributed by atoms with Crippen LogP contribution < -0.4 is 5.32 Å². The van der Waals surface area contributed by atoms with E-state index in [1.54, 1.807) is 12.1 Å². The van der Waals surface area contributed by atoms with Crippen LogP contribution in [-0.2, 0) is 6.42 Å². The van der Waals surface area contributed by atoms with Gasteiger partial charge in [0.25, 0.3) is 5.91 Å². The van der Waals surface area contributed by atoms with Gasteiger partial charge in [-0.05, 0) is 18.6 Å². The van der Waals surface area contributed by atoms with Crippen LogP contribution >= 0.6 is 0 Å². The van der Waals surface area contributed by atoms with Gasteiger partial charge in [0.15, 0.2) is 0 Å². The number of amides is 1. The quantitative estimate of drug-likeness (QED) is 0.727. The Kier molecular flexibility index (Phi) is 4.07. The van der Waals surface area contributed by atoms with Crippen LogP contribution in [0.1, 0.15) is 23.1 Å². The van der Waals surface area contributed by atoms with Gasteiger partial charge in [0.05, 0.1) is 6.61 Å². The van der Waals surface area contributed by atoms with Gasteiger partial charge in [-0.3, -0.25) is 4.79 Å². The van der Waals surface area contributed by atoms with E-state index in [1.807, 2.05) is 13.0 Å². The summed E-state index contributed by atoms with van der Waals surface area (Å²) in [6.07, 6.45) is 0.807. The van der Waals surface area contributed by atoms with Crippen LogP contribution in [0.2, 0.25) is 0 Å². The van der Waals surface area contributed by atoms with Gasteiger partial charge in [0.2, 0.25) is 0 Å². The molecule has 1 amide bonds. The van der Waals surface area contributed by atoms with Gasteiger partial charge < -0.3 is 10.4 Å². The maximum Gasteiger partial charge on any atom is 0.269 e. The van der Waals surface area contributed by atoms with Crippen molar-refractivity contribution in [2.45, 2.75) is 13.3 Å². The van der Waals surface area contributed by atoms with Crippen molar-refractivity contribution in [2.24, 2.45) is 0 Å². The third-order valence-corrected chi connectivity index (χ3v) is 1.80. The molecule has 4 heteroatoms. The van der Waals surface area contributed by atoms with Gasteiger partial charge in [-0.25, -0.2) is 4.98 Å². The third-order valence-electron chi connectivity index (χ3n) is 1.80. The average Bonchev–Trinajstić information content (AvgIpc) is 2.26. The van der Waals surface area contributed by atoms with Crippen molar-refractivity contribution in [3.05, 3.63) is 29.6 Å². The predicted molar refractivity (Wildman–Crippen MR) is 53.0 cm³/mol. The van der Waals surface area contributed by atoms with Crippen molar-refractivity contribution in [1.29, 1.82) is 0 Å². The Morgan fingerprint density at radius 2 is 2.36 bits per heavy atom. The summed E-state index contributed by atoms with van der Waals surface area (Å²) in [5.41, 5.74) is 1.29. The molecule has 0 saturated carbocycles. The molecule has 4 nitrogen and oxygen atoms in total. The number of aliphatic hydroxyl groups is 1. The molecule has 0 radical (unpaired) electrons. The Morgan fingerprint density at radius 1 is 1.57 bits per heavy atom. The smallest absolute Gasteiger partial charge is 0.269 e. The lowest BCUT2D eigenvalue weighted by atomic mass is 10.2. The minimum absolute atomic E-state index is 0.0563. The molecule has 0 aliphatic rings. The summed E-state index contributed by atoms with van der Waals surface area (Å²) in [7, 11) is 0. The first-order valence-electron chi connectivity index (χ1n) is 4.63. The van der Waals surface area contributed by atoms with Gasteiger partial charge in [-0.15, -0.1) is 0 Å². The van der Waals surface area contributed by atoms with Crippen molar-refractivity contribution in [2.75, 3.05) is 13.2 Å². The summed E-state index contributed by atoms with van der Waals surface area (Å²) in [5, 5.41) is 11.1. The van der Waals surface area contributed by atoms with Crippen LogP contribution in [-0.4, -0.2) is 29.1 Å². The van der Waals surface area contributed by atoms with Crippen LogP contribution in [0.4, 0.5) is 0 Å². The molecule has 0 aliphatic carbocycles. The van der Waals surface area contributed by atoms with Gasteiger partial charge >= 0.3 is 0 Å². The van der Waals surface area contributed by atoms with Gasteiger partial charge in [0.1, 0.15) is 5.69 Å². The van der Waals surface area contributed by atoms with Gasteiger partial charge in [-0.2, -0.15) is 0 Å². The molecular formula is C10H14N2O2. The van der Waals surface area contributed by atoms with E-state index >= 15 is 0 Å². The fourth-order valence-corrected chi connectivity index (χ4v) is 1.06. The van der Waals surface area contributed by atoms with Crippen molar-refractivity contribution >= 4 is 5.91 Å². The first kappa shape index (κ1) is 10.7.